The van der Waals surface area contributed by atoms with Gasteiger partial charge in [0.2, 0.25) is 0 Å². The molecule has 0 aromatic rings. The number of allylic oxidation sites excluding steroid dienone is 1. The average Bonchev–Trinajstić information content (AvgIpc) is 2.85. The van der Waals surface area contributed by atoms with E-state index < -0.39 is 82.6 Å². The van der Waals surface area contributed by atoms with Crippen molar-refractivity contribution in [3.05, 3.63) is 23.5 Å². The van der Waals surface area contributed by atoms with Gasteiger partial charge in [0.1, 0.15) is 35.2 Å². The van der Waals surface area contributed by atoms with Crippen LogP contribution in [0.1, 0.15) is 38.5 Å². The van der Waals surface area contributed by atoms with Crippen molar-refractivity contribution in [3.8, 4) is 0 Å². The van der Waals surface area contributed by atoms with Crippen LogP contribution in [0.5, 0.6) is 0 Å². The van der Waals surface area contributed by atoms with E-state index in [0.717, 1.165) is 0 Å². The Hall–Kier alpha value is -2.48. The van der Waals surface area contributed by atoms with E-state index in [1.165, 1.54) is 6.08 Å². The zero-order valence-electron chi connectivity index (χ0n) is 20.8. The molecule has 0 spiro atoms. The standard InChI is InChI=1S/C26H35N3O9/c27-25(37)21-17(32)7-12-5-11-6-13-10(1-3-15(30)14-8-18(33)29-9-28-14)2-4-16(31)20(13)22(34)19(11)23(35)26(12,38)24(21)36/h2,4,10-14,16,18-20,23,28-29,31,33,35-36,38H,1,3,5-9H2,(H2,27,37)/t10?,11-,12+,13?,14?,16?,18?,19?,20?,23?,26+/m1/s1. The Bertz CT molecular complexity index is 1110. The number of rotatable bonds is 5. The van der Waals surface area contributed by atoms with Crippen molar-refractivity contribution in [1.29, 1.82) is 0 Å². The molecule has 0 bridgehead atoms. The highest BCUT2D eigenvalue weighted by Gasteiger charge is 2.64. The summed E-state index contributed by atoms with van der Waals surface area (Å²) in [7, 11) is 0. The molecule has 9 N–H and O–H groups in total. The molecule has 4 aliphatic carbocycles. The van der Waals surface area contributed by atoms with Gasteiger partial charge in [0, 0.05) is 31.8 Å². The Morgan fingerprint density at radius 3 is 2.47 bits per heavy atom. The number of amides is 1. The van der Waals surface area contributed by atoms with Crippen molar-refractivity contribution in [2.45, 2.75) is 68.6 Å². The van der Waals surface area contributed by atoms with E-state index in [4.69, 9.17) is 5.73 Å². The zero-order valence-corrected chi connectivity index (χ0v) is 20.8. The highest BCUT2D eigenvalue weighted by atomic mass is 16.4. The molecule has 5 rings (SSSR count). The van der Waals surface area contributed by atoms with Crippen LogP contribution in [0.3, 0.4) is 0 Å². The molecule has 2 saturated carbocycles. The molecule has 12 nitrogen and oxygen atoms in total. The van der Waals surface area contributed by atoms with E-state index >= 15 is 0 Å². The molecule has 0 radical (unpaired) electrons. The Labute approximate surface area is 219 Å². The monoisotopic (exact) mass is 533 g/mol. The van der Waals surface area contributed by atoms with Crippen LogP contribution >= 0.6 is 0 Å². The molecular weight excluding hydrogens is 498 g/mol. The second-order valence-electron chi connectivity index (χ2n) is 11.5. The Kier molecular flexibility index (Phi) is 7.08. The second-order valence-corrected chi connectivity index (χ2v) is 11.5. The van der Waals surface area contributed by atoms with Gasteiger partial charge in [-0.25, -0.2) is 0 Å². The van der Waals surface area contributed by atoms with Crippen molar-refractivity contribution in [2.24, 2.45) is 41.2 Å². The van der Waals surface area contributed by atoms with Crippen LogP contribution in [-0.4, -0.2) is 85.5 Å². The first-order chi connectivity index (χ1) is 17.9. The molecule has 1 saturated heterocycles. The molecule has 5 aliphatic rings. The Morgan fingerprint density at radius 2 is 1.79 bits per heavy atom. The Morgan fingerprint density at radius 1 is 1.05 bits per heavy atom. The van der Waals surface area contributed by atoms with Gasteiger partial charge in [-0.1, -0.05) is 12.2 Å². The fourth-order valence-corrected chi connectivity index (χ4v) is 7.62. The first-order valence-corrected chi connectivity index (χ1v) is 13.2. The topological polar surface area (TPSA) is 220 Å². The lowest BCUT2D eigenvalue weighted by Crippen LogP contribution is -2.66. The number of primary amides is 1. The molecular formula is C26H35N3O9. The van der Waals surface area contributed by atoms with Gasteiger partial charge in [-0.2, -0.15) is 0 Å². The van der Waals surface area contributed by atoms with E-state index in [9.17, 15) is 44.7 Å². The fourth-order valence-electron chi connectivity index (χ4n) is 7.62. The molecule has 208 valence electrons. The lowest BCUT2D eigenvalue weighted by molar-refractivity contribution is -0.195. The van der Waals surface area contributed by atoms with Gasteiger partial charge in [-0.3, -0.25) is 29.8 Å². The van der Waals surface area contributed by atoms with Crippen LogP contribution < -0.4 is 16.4 Å². The lowest BCUT2D eigenvalue weighted by Gasteiger charge is -2.56. The molecule has 1 amide bonds. The van der Waals surface area contributed by atoms with Crippen molar-refractivity contribution in [1.82, 2.24) is 10.6 Å². The summed E-state index contributed by atoms with van der Waals surface area (Å²) in [5.41, 5.74) is 2.10. The largest absolute Gasteiger partial charge is 0.508 e. The quantitative estimate of drug-likeness (QED) is 0.142. The fraction of sp³-hybridized carbons (Fsp3) is 0.692. The van der Waals surface area contributed by atoms with E-state index in [0.29, 0.717) is 19.5 Å². The minimum absolute atomic E-state index is 0.0481. The highest BCUT2D eigenvalue weighted by molar-refractivity contribution is 6.20. The van der Waals surface area contributed by atoms with Crippen molar-refractivity contribution >= 4 is 23.3 Å². The van der Waals surface area contributed by atoms with Crippen molar-refractivity contribution in [2.75, 3.05) is 6.67 Å². The van der Waals surface area contributed by atoms with Gasteiger partial charge < -0.3 is 31.3 Å². The zero-order chi connectivity index (χ0) is 27.5. The number of hydrogen-bond acceptors (Lipinski definition) is 11. The summed E-state index contributed by atoms with van der Waals surface area (Å²) < 4.78 is 0. The predicted octanol–water partition coefficient (Wildman–Crippen LogP) is -2.07. The van der Waals surface area contributed by atoms with E-state index in [1.807, 2.05) is 6.08 Å². The number of nitrogens with two attached hydrogens (primary N) is 1. The number of fused-ring (bicyclic) bond motifs is 3. The molecule has 0 aromatic carbocycles. The number of aliphatic hydroxyl groups is 5. The number of hydrogen-bond donors (Lipinski definition) is 8. The third kappa shape index (κ3) is 4.23. The summed E-state index contributed by atoms with van der Waals surface area (Å²) >= 11 is 0. The Balaban J connectivity index is 1.37. The normalized spacial score (nSPS) is 44.7. The number of Topliss-reactive ketones (excluding diaryl/α,β-unsaturated/α-hetero) is 3. The molecule has 8 unspecified atom stereocenters. The maximum absolute atomic E-state index is 13.8. The SMILES string of the molecule is NC(=O)C1=C(O)[C@@]2(O)C(O)C3C(=O)C4C(O)C=CC(CCC(=O)C5CC(O)NCN5)C4C[C@H]3C[C@H]2CC1=O. The smallest absolute Gasteiger partial charge is 0.255 e. The van der Waals surface area contributed by atoms with Gasteiger partial charge >= 0.3 is 0 Å². The van der Waals surface area contributed by atoms with Crippen LogP contribution in [0.25, 0.3) is 0 Å². The number of carbonyl (C=O) groups excluding carboxylic acids is 4. The minimum atomic E-state index is -2.38. The molecule has 1 aliphatic heterocycles. The number of ketones is 3. The molecule has 12 heteroatoms. The van der Waals surface area contributed by atoms with E-state index in [2.05, 4.69) is 10.6 Å². The average molecular weight is 534 g/mol. The van der Waals surface area contributed by atoms with Crippen LogP contribution in [0.15, 0.2) is 23.5 Å². The van der Waals surface area contributed by atoms with Gasteiger partial charge in [0.25, 0.3) is 5.91 Å². The number of nitrogens with one attached hydrogen (secondary N) is 2. The summed E-state index contributed by atoms with van der Waals surface area (Å²) in [5, 5.41) is 59.7. The molecule has 38 heavy (non-hydrogen) atoms. The van der Waals surface area contributed by atoms with Gasteiger partial charge in [-0.05, 0) is 37.0 Å². The molecule has 0 aromatic heterocycles. The van der Waals surface area contributed by atoms with Gasteiger partial charge in [0.15, 0.2) is 11.4 Å². The number of aliphatic hydroxyl groups excluding tert-OH is 4. The van der Waals surface area contributed by atoms with Crippen molar-refractivity contribution in [3.63, 3.8) is 0 Å². The van der Waals surface area contributed by atoms with Gasteiger partial charge in [0.05, 0.1) is 24.0 Å². The predicted molar refractivity (Wildman–Crippen MR) is 130 cm³/mol. The minimum Gasteiger partial charge on any atom is -0.508 e. The van der Waals surface area contributed by atoms with Crippen LogP contribution in [0, 0.1) is 35.5 Å². The summed E-state index contributed by atoms with van der Waals surface area (Å²) in [6, 6.07) is -0.474. The molecule has 11 atom stereocenters. The van der Waals surface area contributed by atoms with E-state index in [-0.39, 0.29) is 43.3 Å². The third-order valence-corrected chi connectivity index (χ3v) is 9.51. The van der Waals surface area contributed by atoms with E-state index in [1.54, 1.807) is 0 Å². The van der Waals surface area contributed by atoms with Gasteiger partial charge in [-0.15, -0.1) is 0 Å². The van der Waals surface area contributed by atoms with Crippen LogP contribution in [-0.2, 0) is 19.2 Å². The summed E-state index contributed by atoms with van der Waals surface area (Å²) in [6.45, 7) is 0.319. The first-order valence-electron chi connectivity index (χ1n) is 13.2. The number of carbonyl (C=O) groups is 4. The summed E-state index contributed by atoms with van der Waals surface area (Å²) in [5.74, 6) is -7.28. The highest BCUT2D eigenvalue weighted by Crippen LogP contribution is 2.56. The lowest BCUT2D eigenvalue weighted by atomic mass is 9.50. The molecule has 1 heterocycles. The summed E-state index contributed by atoms with van der Waals surface area (Å²) in [4.78, 5) is 50.8. The maximum Gasteiger partial charge on any atom is 0.255 e. The molecule has 3 fully saturated rings. The van der Waals surface area contributed by atoms with Crippen molar-refractivity contribution < 1.29 is 44.7 Å². The van der Waals surface area contributed by atoms with Crippen LogP contribution in [0.4, 0.5) is 0 Å². The third-order valence-electron chi connectivity index (χ3n) is 9.51. The maximum atomic E-state index is 13.8. The second kappa shape index (κ2) is 9.92. The summed E-state index contributed by atoms with van der Waals surface area (Å²) in [6.07, 6.45) is 0.850. The first kappa shape index (κ1) is 27.1. The van der Waals surface area contributed by atoms with Crippen LogP contribution in [0.2, 0.25) is 0 Å².